The number of fused-ring (bicyclic) bond motifs is 3. The van der Waals surface area contributed by atoms with Crippen LogP contribution in [0.3, 0.4) is 0 Å². The van der Waals surface area contributed by atoms with E-state index in [2.05, 4.69) is 28.9 Å². The molecule has 0 saturated carbocycles. The molecule has 1 aliphatic heterocycles. The van der Waals surface area contributed by atoms with Crippen LogP contribution in [0.5, 0.6) is 0 Å². The molecule has 5 rings (SSSR count). The minimum absolute atomic E-state index is 0.0545. The molecule has 1 amide bonds. The number of aryl methyl sites for hydroxylation is 1. The molecule has 1 aliphatic rings. The van der Waals surface area contributed by atoms with Crippen LogP contribution in [0.15, 0.2) is 48.5 Å². The van der Waals surface area contributed by atoms with E-state index >= 15 is 0 Å². The van der Waals surface area contributed by atoms with Crippen molar-refractivity contribution in [1.29, 1.82) is 0 Å². The topological polar surface area (TPSA) is 36.4 Å². The fourth-order valence-electron chi connectivity index (χ4n) is 3.94. The zero-order chi connectivity index (χ0) is 20.8. The van der Waals surface area contributed by atoms with Gasteiger partial charge in [-0.1, -0.05) is 40.9 Å². The Hall–Kier alpha value is -2.34. The number of aromatic nitrogens is 1. The van der Waals surface area contributed by atoms with Crippen molar-refractivity contribution in [2.45, 2.75) is 6.92 Å². The van der Waals surface area contributed by atoms with Gasteiger partial charge in [0, 0.05) is 52.4 Å². The maximum Gasteiger partial charge on any atom is 0.264 e. The molecule has 0 spiro atoms. The van der Waals surface area contributed by atoms with Crippen LogP contribution in [-0.4, -0.2) is 42.0 Å². The molecular weight excluding hydrogens is 437 g/mol. The Labute approximate surface area is 188 Å². The normalized spacial score (nSPS) is 14.6. The Morgan fingerprint density at radius 2 is 1.80 bits per heavy atom. The van der Waals surface area contributed by atoms with E-state index in [1.54, 1.807) is 0 Å². The van der Waals surface area contributed by atoms with Gasteiger partial charge in [0.05, 0.1) is 10.4 Å². The summed E-state index contributed by atoms with van der Waals surface area (Å²) in [5, 5.41) is 3.07. The summed E-state index contributed by atoms with van der Waals surface area (Å²) in [4.78, 5) is 22.6. The minimum atomic E-state index is 0.0545. The van der Waals surface area contributed by atoms with Crippen molar-refractivity contribution in [1.82, 2.24) is 9.88 Å². The first-order valence-electron chi connectivity index (χ1n) is 9.79. The maximum absolute atomic E-state index is 13.2. The molecule has 152 valence electrons. The predicted molar refractivity (Wildman–Crippen MR) is 126 cm³/mol. The van der Waals surface area contributed by atoms with Crippen molar-refractivity contribution in [3.8, 4) is 0 Å². The van der Waals surface area contributed by atoms with Crippen molar-refractivity contribution >= 4 is 67.1 Å². The standard InChI is InChI=1S/C23H19Cl2N3OS/c1-14-5-6-19-17(11-14)21-18(22(25)26-19)13-20(30-21)23(29)28-9-7-27(8-10-28)16-4-2-3-15(24)12-16/h2-6,11-13H,7-10H2,1H3. The average Bonchev–Trinajstić information content (AvgIpc) is 3.21. The van der Waals surface area contributed by atoms with Crippen LogP contribution in [-0.2, 0) is 0 Å². The van der Waals surface area contributed by atoms with Gasteiger partial charge in [0.1, 0.15) is 5.15 Å². The Bertz CT molecular complexity index is 1280. The number of pyridine rings is 1. The van der Waals surface area contributed by atoms with Crippen LogP contribution in [0.25, 0.3) is 21.0 Å². The lowest BCUT2D eigenvalue weighted by Gasteiger charge is -2.36. The molecule has 0 N–H and O–H groups in total. The van der Waals surface area contributed by atoms with E-state index in [-0.39, 0.29) is 5.91 Å². The average molecular weight is 456 g/mol. The van der Waals surface area contributed by atoms with Gasteiger partial charge in [-0.2, -0.15) is 0 Å². The second-order valence-electron chi connectivity index (χ2n) is 7.54. The van der Waals surface area contributed by atoms with Gasteiger partial charge in [-0.15, -0.1) is 11.3 Å². The van der Waals surface area contributed by atoms with Crippen molar-refractivity contribution in [2.24, 2.45) is 0 Å². The highest BCUT2D eigenvalue weighted by molar-refractivity contribution is 7.21. The Balaban J connectivity index is 1.41. The highest BCUT2D eigenvalue weighted by Gasteiger charge is 2.24. The van der Waals surface area contributed by atoms with Gasteiger partial charge in [-0.25, -0.2) is 4.98 Å². The lowest BCUT2D eigenvalue weighted by molar-refractivity contribution is 0.0752. The third kappa shape index (κ3) is 3.51. The smallest absolute Gasteiger partial charge is 0.264 e. The summed E-state index contributed by atoms with van der Waals surface area (Å²) in [6.45, 7) is 4.96. The second-order valence-corrected chi connectivity index (χ2v) is 9.38. The number of anilines is 1. The van der Waals surface area contributed by atoms with E-state index < -0.39 is 0 Å². The number of carbonyl (C=O) groups excluding carboxylic acids is 1. The molecule has 1 saturated heterocycles. The van der Waals surface area contributed by atoms with Crippen LogP contribution < -0.4 is 4.90 Å². The highest BCUT2D eigenvalue weighted by Crippen LogP contribution is 2.36. The van der Waals surface area contributed by atoms with Crippen LogP contribution in [0, 0.1) is 6.92 Å². The van der Waals surface area contributed by atoms with E-state index in [0.29, 0.717) is 23.1 Å². The van der Waals surface area contributed by atoms with Gasteiger partial charge < -0.3 is 9.80 Å². The number of nitrogens with zero attached hydrogens (tertiary/aromatic N) is 3. The molecule has 0 radical (unpaired) electrons. The van der Waals surface area contributed by atoms with E-state index in [4.69, 9.17) is 23.2 Å². The van der Waals surface area contributed by atoms with Gasteiger partial charge in [-0.3, -0.25) is 4.79 Å². The Kier molecular flexibility index (Phi) is 5.05. The molecule has 1 fully saturated rings. The van der Waals surface area contributed by atoms with Gasteiger partial charge in [-0.05, 0) is 43.3 Å². The Morgan fingerprint density at radius 1 is 1.00 bits per heavy atom. The number of rotatable bonds is 2. The highest BCUT2D eigenvalue weighted by atomic mass is 35.5. The van der Waals surface area contributed by atoms with E-state index in [1.807, 2.05) is 41.3 Å². The molecule has 4 aromatic rings. The number of hydrogen-bond donors (Lipinski definition) is 0. The predicted octanol–water partition coefficient (Wildman–Crippen LogP) is 6.03. The monoisotopic (exact) mass is 455 g/mol. The quantitative estimate of drug-likeness (QED) is 0.346. The van der Waals surface area contributed by atoms with E-state index in [1.165, 1.54) is 11.3 Å². The summed E-state index contributed by atoms with van der Waals surface area (Å²) in [5.41, 5.74) is 3.11. The molecule has 4 nitrogen and oxygen atoms in total. The molecule has 2 aromatic heterocycles. The molecule has 0 unspecified atom stereocenters. The molecule has 30 heavy (non-hydrogen) atoms. The van der Waals surface area contributed by atoms with E-state index in [0.717, 1.165) is 50.4 Å². The first-order valence-corrected chi connectivity index (χ1v) is 11.4. The molecule has 0 atom stereocenters. The van der Waals surface area contributed by atoms with Crippen molar-refractivity contribution in [3.63, 3.8) is 0 Å². The number of carbonyl (C=O) groups is 1. The lowest BCUT2D eigenvalue weighted by atomic mass is 10.1. The molecule has 2 aromatic carbocycles. The maximum atomic E-state index is 13.2. The van der Waals surface area contributed by atoms with Crippen molar-refractivity contribution in [2.75, 3.05) is 31.1 Å². The number of amides is 1. The first-order chi connectivity index (χ1) is 14.5. The van der Waals surface area contributed by atoms with Crippen LogP contribution in [0.4, 0.5) is 5.69 Å². The van der Waals surface area contributed by atoms with Gasteiger partial charge >= 0.3 is 0 Å². The fourth-order valence-corrected chi connectivity index (χ4v) is 5.57. The summed E-state index contributed by atoms with van der Waals surface area (Å²) < 4.78 is 1.02. The van der Waals surface area contributed by atoms with E-state index in [9.17, 15) is 4.79 Å². The zero-order valence-electron chi connectivity index (χ0n) is 16.4. The largest absolute Gasteiger partial charge is 0.368 e. The number of piperazine rings is 1. The molecular formula is C23H19Cl2N3OS. The van der Waals surface area contributed by atoms with Gasteiger partial charge in [0.15, 0.2) is 0 Å². The number of halogens is 2. The summed E-state index contributed by atoms with van der Waals surface area (Å²) in [6.07, 6.45) is 0. The number of thiophene rings is 1. The first kappa shape index (κ1) is 19.6. The van der Waals surface area contributed by atoms with Gasteiger partial charge in [0.2, 0.25) is 0 Å². The summed E-state index contributed by atoms with van der Waals surface area (Å²) in [6, 6.07) is 15.8. The SMILES string of the molecule is Cc1ccc2nc(Cl)c3cc(C(=O)N4CCN(c5cccc(Cl)c5)CC4)sc3c2c1. The summed E-state index contributed by atoms with van der Waals surface area (Å²) in [7, 11) is 0. The summed E-state index contributed by atoms with van der Waals surface area (Å²) >= 11 is 14.1. The van der Waals surface area contributed by atoms with Gasteiger partial charge in [0.25, 0.3) is 5.91 Å². The third-order valence-corrected chi connectivity index (χ3v) is 7.20. The number of benzene rings is 2. The van der Waals surface area contributed by atoms with Crippen molar-refractivity contribution in [3.05, 3.63) is 69.1 Å². The molecule has 0 bridgehead atoms. The fraction of sp³-hybridized carbons (Fsp3) is 0.217. The molecule has 0 aliphatic carbocycles. The van der Waals surface area contributed by atoms with Crippen LogP contribution in [0.2, 0.25) is 10.2 Å². The second kappa shape index (κ2) is 7.73. The summed E-state index contributed by atoms with van der Waals surface area (Å²) in [5.74, 6) is 0.0545. The third-order valence-electron chi connectivity index (χ3n) is 5.52. The number of hydrogen-bond acceptors (Lipinski definition) is 4. The zero-order valence-corrected chi connectivity index (χ0v) is 18.7. The Morgan fingerprint density at radius 3 is 2.57 bits per heavy atom. The van der Waals surface area contributed by atoms with Crippen molar-refractivity contribution < 1.29 is 4.79 Å². The molecule has 3 heterocycles. The minimum Gasteiger partial charge on any atom is -0.368 e. The van der Waals surface area contributed by atoms with Crippen LogP contribution >= 0.6 is 34.5 Å². The molecule has 7 heteroatoms. The lowest BCUT2D eigenvalue weighted by Crippen LogP contribution is -2.48. The van der Waals surface area contributed by atoms with Crippen LogP contribution in [0.1, 0.15) is 15.2 Å².